The molecule has 0 aromatic rings. The van der Waals surface area contributed by atoms with E-state index in [9.17, 15) is 5.11 Å². The Bertz CT molecular complexity index is 184. The van der Waals surface area contributed by atoms with Crippen molar-refractivity contribution < 1.29 is 5.11 Å². The van der Waals surface area contributed by atoms with Gasteiger partial charge in [0.05, 0.1) is 18.1 Å². The minimum atomic E-state index is -0.164. The van der Waals surface area contributed by atoms with E-state index in [1.54, 1.807) is 0 Å². The lowest BCUT2D eigenvalue weighted by Gasteiger charge is -2.19. The quantitative estimate of drug-likeness (QED) is 0.539. The Balaban J connectivity index is 2.14. The third-order valence-corrected chi connectivity index (χ3v) is 2.94. The van der Waals surface area contributed by atoms with Gasteiger partial charge in [0, 0.05) is 5.92 Å². The maximum Gasteiger partial charge on any atom is 0.0659 e. The first-order chi connectivity index (χ1) is 4.81. The molecule has 4 atom stereocenters. The Kier molecular flexibility index (Phi) is 1.21. The molecule has 0 spiro atoms. The van der Waals surface area contributed by atoms with Crippen LogP contribution in [0.25, 0.3) is 0 Å². The average molecular weight is 137 g/mol. The molecule has 0 heterocycles. The Hall–Kier alpha value is -0.550. The average Bonchev–Trinajstić information content (AvgIpc) is 2.44. The first-order valence-corrected chi connectivity index (χ1v) is 3.89. The SMILES string of the molecule is N#C[C@H]1C[C@@H]2C[C@@H]1[C@H](O)C2. The van der Waals surface area contributed by atoms with Gasteiger partial charge in [0.1, 0.15) is 0 Å². The molecular weight excluding hydrogens is 126 g/mol. The highest BCUT2D eigenvalue weighted by Gasteiger charge is 2.45. The van der Waals surface area contributed by atoms with Gasteiger partial charge in [-0.15, -0.1) is 0 Å². The van der Waals surface area contributed by atoms with Gasteiger partial charge < -0.3 is 5.11 Å². The standard InChI is InChI=1S/C8H11NO/c9-4-6-1-5-2-7(6)8(10)3-5/h5-8,10H,1-3H2/t5-,6-,7+,8-/m1/s1. The molecule has 2 aliphatic carbocycles. The Morgan fingerprint density at radius 3 is 2.50 bits per heavy atom. The van der Waals surface area contributed by atoms with Gasteiger partial charge in [-0.1, -0.05) is 0 Å². The molecule has 2 rings (SSSR count). The van der Waals surface area contributed by atoms with Gasteiger partial charge in [-0.05, 0) is 25.2 Å². The van der Waals surface area contributed by atoms with E-state index in [4.69, 9.17) is 5.26 Å². The number of nitrogens with zero attached hydrogens (tertiary/aromatic N) is 1. The molecule has 10 heavy (non-hydrogen) atoms. The van der Waals surface area contributed by atoms with Gasteiger partial charge >= 0.3 is 0 Å². The fraction of sp³-hybridized carbons (Fsp3) is 0.875. The number of aliphatic hydroxyl groups is 1. The molecule has 2 fully saturated rings. The van der Waals surface area contributed by atoms with Crippen LogP contribution in [-0.2, 0) is 0 Å². The third kappa shape index (κ3) is 0.674. The molecule has 54 valence electrons. The second-order valence-electron chi connectivity index (χ2n) is 3.54. The summed E-state index contributed by atoms with van der Waals surface area (Å²) in [6, 6.07) is 2.27. The second-order valence-corrected chi connectivity index (χ2v) is 3.54. The van der Waals surface area contributed by atoms with E-state index in [-0.39, 0.29) is 12.0 Å². The fourth-order valence-electron chi connectivity index (χ4n) is 2.46. The lowest BCUT2D eigenvalue weighted by atomic mass is 9.88. The molecule has 0 unspecified atom stereocenters. The van der Waals surface area contributed by atoms with Crippen LogP contribution in [0.4, 0.5) is 0 Å². The predicted octanol–water partition coefficient (Wildman–Crippen LogP) is 0.917. The van der Waals surface area contributed by atoms with E-state index in [1.165, 1.54) is 0 Å². The van der Waals surface area contributed by atoms with Gasteiger partial charge in [0.15, 0.2) is 0 Å². The van der Waals surface area contributed by atoms with Gasteiger partial charge in [-0.3, -0.25) is 0 Å². The molecule has 0 amide bonds. The molecule has 2 aliphatic rings. The maximum atomic E-state index is 9.37. The summed E-state index contributed by atoms with van der Waals surface area (Å²) in [6.07, 6.45) is 2.92. The summed E-state index contributed by atoms with van der Waals surface area (Å²) in [6.45, 7) is 0. The Morgan fingerprint density at radius 2 is 2.10 bits per heavy atom. The summed E-state index contributed by atoms with van der Waals surface area (Å²) in [5, 5.41) is 18.0. The van der Waals surface area contributed by atoms with E-state index in [0.29, 0.717) is 11.8 Å². The van der Waals surface area contributed by atoms with E-state index >= 15 is 0 Å². The Morgan fingerprint density at radius 1 is 1.30 bits per heavy atom. The van der Waals surface area contributed by atoms with Crippen molar-refractivity contribution in [2.45, 2.75) is 25.4 Å². The van der Waals surface area contributed by atoms with Crippen LogP contribution >= 0.6 is 0 Å². The fourth-order valence-corrected chi connectivity index (χ4v) is 2.46. The first-order valence-electron chi connectivity index (χ1n) is 3.89. The van der Waals surface area contributed by atoms with E-state index in [0.717, 1.165) is 19.3 Å². The van der Waals surface area contributed by atoms with Crippen molar-refractivity contribution in [3.63, 3.8) is 0 Å². The highest BCUT2D eigenvalue weighted by Crippen LogP contribution is 2.47. The molecule has 2 heteroatoms. The number of nitriles is 1. The van der Waals surface area contributed by atoms with Crippen molar-refractivity contribution in [1.82, 2.24) is 0 Å². The van der Waals surface area contributed by atoms with Crippen LogP contribution in [0.15, 0.2) is 0 Å². The van der Waals surface area contributed by atoms with Crippen LogP contribution in [0.3, 0.4) is 0 Å². The molecule has 0 aromatic heterocycles. The molecule has 2 saturated carbocycles. The summed E-state index contributed by atoms with van der Waals surface area (Å²) in [7, 11) is 0. The molecule has 2 bridgehead atoms. The number of fused-ring (bicyclic) bond motifs is 2. The molecule has 0 radical (unpaired) electrons. The zero-order valence-electron chi connectivity index (χ0n) is 5.83. The van der Waals surface area contributed by atoms with E-state index in [2.05, 4.69) is 6.07 Å². The lowest BCUT2D eigenvalue weighted by molar-refractivity contribution is 0.0960. The summed E-state index contributed by atoms with van der Waals surface area (Å²) in [5.41, 5.74) is 0. The summed E-state index contributed by atoms with van der Waals surface area (Å²) >= 11 is 0. The van der Waals surface area contributed by atoms with Crippen molar-refractivity contribution in [2.75, 3.05) is 0 Å². The summed E-state index contributed by atoms with van der Waals surface area (Å²) in [4.78, 5) is 0. The molecule has 1 N–H and O–H groups in total. The van der Waals surface area contributed by atoms with Crippen LogP contribution in [-0.4, -0.2) is 11.2 Å². The van der Waals surface area contributed by atoms with E-state index < -0.39 is 0 Å². The molecule has 0 aromatic carbocycles. The number of hydrogen-bond acceptors (Lipinski definition) is 2. The number of aliphatic hydroxyl groups excluding tert-OH is 1. The van der Waals surface area contributed by atoms with Crippen LogP contribution in [0.2, 0.25) is 0 Å². The number of rotatable bonds is 0. The first kappa shape index (κ1) is 6.18. The minimum Gasteiger partial charge on any atom is -0.393 e. The van der Waals surface area contributed by atoms with Crippen molar-refractivity contribution in [1.29, 1.82) is 5.26 Å². The van der Waals surface area contributed by atoms with Crippen molar-refractivity contribution in [2.24, 2.45) is 17.8 Å². The van der Waals surface area contributed by atoms with Gasteiger partial charge in [-0.2, -0.15) is 5.26 Å². The molecule has 0 aliphatic heterocycles. The lowest BCUT2D eigenvalue weighted by Crippen LogP contribution is -2.22. The van der Waals surface area contributed by atoms with E-state index in [1.807, 2.05) is 0 Å². The number of hydrogen-bond donors (Lipinski definition) is 1. The zero-order chi connectivity index (χ0) is 7.14. The highest BCUT2D eigenvalue weighted by atomic mass is 16.3. The monoisotopic (exact) mass is 137 g/mol. The van der Waals surface area contributed by atoms with Gasteiger partial charge in [-0.25, -0.2) is 0 Å². The molecular formula is C8H11NO. The summed E-state index contributed by atoms with van der Waals surface area (Å²) in [5.74, 6) is 1.13. The minimum absolute atomic E-state index is 0.161. The predicted molar refractivity (Wildman–Crippen MR) is 35.9 cm³/mol. The van der Waals surface area contributed by atoms with Gasteiger partial charge in [0.2, 0.25) is 0 Å². The van der Waals surface area contributed by atoms with Crippen molar-refractivity contribution in [3.8, 4) is 6.07 Å². The molecule has 2 nitrogen and oxygen atoms in total. The van der Waals surface area contributed by atoms with Crippen molar-refractivity contribution in [3.05, 3.63) is 0 Å². The Labute approximate surface area is 60.5 Å². The highest BCUT2D eigenvalue weighted by molar-refractivity contribution is 5.03. The smallest absolute Gasteiger partial charge is 0.0659 e. The second kappa shape index (κ2) is 1.96. The van der Waals surface area contributed by atoms with Crippen LogP contribution in [0.5, 0.6) is 0 Å². The van der Waals surface area contributed by atoms with Crippen LogP contribution < -0.4 is 0 Å². The normalized spacial score (nSPS) is 51.2. The largest absolute Gasteiger partial charge is 0.393 e. The maximum absolute atomic E-state index is 9.37. The summed E-state index contributed by atoms with van der Waals surface area (Å²) < 4.78 is 0. The topological polar surface area (TPSA) is 44.0 Å². The zero-order valence-corrected chi connectivity index (χ0v) is 5.83. The van der Waals surface area contributed by atoms with Crippen molar-refractivity contribution >= 4 is 0 Å². The van der Waals surface area contributed by atoms with Gasteiger partial charge in [0.25, 0.3) is 0 Å². The third-order valence-electron chi connectivity index (χ3n) is 2.94. The van der Waals surface area contributed by atoms with Crippen LogP contribution in [0, 0.1) is 29.1 Å². The molecule has 0 saturated heterocycles. The van der Waals surface area contributed by atoms with Crippen LogP contribution in [0.1, 0.15) is 19.3 Å².